The molecule has 0 unspecified atom stereocenters. The number of rotatable bonds is 3. The Bertz CT molecular complexity index is 821. The van der Waals surface area contributed by atoms with Crippen LogP contribution in [0, 0.1) is 13.8 Å². The highest BCUT2D eigenvalue weighted by molar-refractivity contribution is 6.33. The maximum absolute atomic E-state index is 6.36. The number of aromatic nitrogens is 2. The molecule has 0 fully saturated rings. The smallest absolute Gasteiger partial charge is 0.0771 e. The second kappa shape index (κ2) is 5.95. The van der Waals surface area contributed by atoms with Gasteiger partial charge < -0.3 is 5.73 Å². The van der Waals surface area contributed by atoms with Gasteiger partial charge in [0.2, 0.25) is 0 Å². The largest absolute Gasteiger partial charge is 0.325 e. The summed E-state index contributed by atoms with van der Waals surface area (Å²) in [5, 5.41) is 5.35. The van der Waals surface area contributed by atoms with Crippen LogP contribution in [-0.4, -0.2) is 9.78 Å². The van der Waals surface area contributed by atoms with Crippen LogP contribution in [0.1, 0.15) is 16.8 Å². The molecule has 2 aromatic carbocycles. The van der Waals surface area contributed by atoms with Crippen molar-refractivity contribution in [2.45, 2.75) is 20.4 Å². The minimum Gasteiger partial charge on any atom is -0.325 e. The molecule has 0 spiro atoms. The molecule has 3 nitrogen and oxygen atoms in total. The fraction of sp³-hybridized carbons (Fsp3) is 0.167. The van der Waals surface area contributed by atoms with Gasteiger partial charge in [0, 0.05) is 17.1 Å². The first-order chi connectivity index (χ1) is 10.6. The van der Waals surface area contributed by atoms with Crippen molar-refractivity contribution in [2.24, 2.45) is 5.73 Å². The first-order valence-electron chi connectivity index (χ1n) is 7.21. The van der Waals surface area contributed by atoms with Crippen LogP contribution in [0.2, 0.25) is 5.02 Å². The molecule has 3 rings (SSSR count). The van der Waals surface area contributed by atoms with E-state index in [1.54, 1.807) is 0 Å². The Morgan fingerprint density at radius 1 is 1.09 bits per heavy atom. The lowest BCUT2D eigenvalue weighted by Gasteiger charge is -2.12. The van der Waals surface area contributed by atoms with E-state index in [0.29, 0.717) is 11.6 Å². The summed E-state index contributed by atoms with van der Waals surface area (Å²) in [6, 6.07) is 16.1. The second-order valence-electron chi connectivity index (χ2n) is 5.41. The molecule has 0 radical (unpaired) electrons. The quantitative estimate of drug-likeness (QED) is 0.785. The van der Waals surface area contributed by atoms with Gasteiger partial charge in [-0.05, 0) is 37.6 Å². The van der Waals surface area contributed by atoms with Gasteiger partial charge in [0.1, 0.15) is 0 Å². The van der Waals surface area contributed by atoms with Crippen LogP contribution in [-0.2, 0) is 6.54 Å². The number of hydrogen-bond acceptors (Lipinski definition) is 2. The predicted octanol–water partition coefficient (Wildman–Crippen LogP) is 4.27. The van der Waals surface area contributed by atoms with Gasteiger partial charge in [-0.25, -0.2) is 4.68 Å². The van der Waals surface area contributed by atoms with Crippen molar-refractivity contribution in [3.8, 4) is 16.9 Å². The van der Waals surface area contributed by atoms with Crippen molar-refractivity contribution in [2.75, 3.05) is 0 Å². The molecule has 4 heteroatoms. The van der Waals surface area contributed by atoms with E-state index in [1.807, 2.05) is 35.0 Å². The molecule has 0 saturated heterocycles. The van der Waals surface area contributed by atoms with E-state index in [1.165, 1.54) is 11.1 Å². The number of nitrogens with two attached hydrogens (primary N) is 1. The summed E-state index contributed by atoms with van der Waals surface area (Å²) in [5.74, 6) is 0. The molecular formula is C18H18ClN3. The summed E-state index contributed by atoms with van der Waals surface area (Å²) < 4.78 is 1.93. The third kappa shape index (κ3) is 2.65. The van der Waals surface area contributed by atoms with Gasteiger partial charge in [-0.1, -0.05) is 47.5 Å². The summed E-state index contributed by atoms with van der Waals surface area (Å²) in [6.07, 6.45) is 0. The minimum atomic E-state index is 0.398. The van der Waals surface area contributed by atoms with Gasteiger partial charge in [0.25, 0.3) is 0 Å². The Hall–Kier alpha value is -2.10. The van der Waals surface area contributed by atoms with Crippen molar-refractivity contribution in [1.82, 2.24) is 9.78 Å². The maximum atomic E-state index is 6.36. The van der Waals surface area contributed by atoms with Crippen molar-refractivity contribution in [3.05, 3.63) is 70.4 Å². The monoisotopic (exact) mass is 311 g/mol. The van der Waals surface area contributed by atoms with Crippen molar-refractivity contribution in [3.63, 3.8) is 0 Å². The average Bonchev–Trinajstić information content (AvgIpc) is 2.91. The molecule has 112 valence electrons. The summed E-state index contributed by atoms with van der Waals surface area (Å²) in [4.78, 5) is 0. The van der Waals surface area contributed by atoms with Gasteiger partial charge in [-0.2, -0.15) is 5.10 Å². The van der Waals surface area contributed by atoms with E-state index >= 15 is 0 Å². The van der Waals surface area contributed by atoms with Gasteiger partial charge in [-0.3, -0.25) is 0 Å². The van der Waals surface area contributed by atoms with Gasteiger partial charge in [0.05, 0.1) is 17.1 Å². The normalized spacial score (nSPS) is 10.9. The van der Waals surface area contributed by atoms with Crippen LogP contribution < -0.4 is 5.73 Å². The summed E-state index contributed by atoms with van der Waals surface area (Å²) in [5.41, 5.74) is 12.0. The first kappa shape index (κ1) is 14.8. The summed E-state index contributed by atoms with van der Waals surface area (Å²) >= 11 is 6.36. The number of hydrogen-bond donors (Lipinski definition) is 1. The first-order valence-corrected chi connectivity index (χ1v) is 7.59. The number of nitrogens with zero attached hydrogens (tertiary/aromatic N) is 2. The molecule has 3 aromatic rings. The zero-order valence-electron chi connectivity index (χ0n) is 12.7. The molecule has 1 aromatic heterocycles. The van der Waals surface area contributed by atoms with Crippen molar-refractivity contribution in [1.29, 1.82) is 0 Å². The molecule has 0 aliphatic heterocycles. The van der Waals surface area contributed by atoms with E-state index in [9.17, 15) is 0 Å². The van der Waals surface area contributed by atoms with E-state index in [4.69, 9.17) is 17.3 Å². The van der Waals surface area contributed by atoms with Crippen LogP contribution in [0.5, 0.6) is 0 Å². The minimum absolute atomic E-state index is 0.398. The van der Waals surface area contributed by atoms with Crippen molar-refractivity contribution >= 4 is 11.6 Å². The average molecular weight is 312 g/mol. The van der Waals surface area contributed by atoms with Gasteiger partial charge in [-0.15, -0.1) is 0 Å². The molecule has 0 aliphatic rings. The Morgan fingerprint density at radius 3 is 2.55 bits per heavy atom. The Labute approximate surface area is 135 Å². The number of benzene rings is 2. The lowest BCUT2D eigenvalue weighted by Crippen LogP contribution is -2.04. The fourth-order valence-electron chi connectivity index (χ4n) is 2.62. The lowest BCUT2D eigenvalue weighted by atomic mass is 10.1. The Balaban J connectivity index is 2.24. The standard InChI is InChI=1S/C18H18ClN3/c1-12-7-8-17(13(2)9-12)22-18(10-14(11-20)21-22)15-5-3-4-6-16(15)19/h3-10H,11,20H2,1-2H3. The SMILES string of the molecule is Cc1ccc(-n2nc(CN)cc2-c2ccccc2Cl)c(C)c1. The highest BCUT2D eigenvalue weighted by Crippen LogP contribution is 2.31. The van der Waals surface area contributed by atoms with E-state index in [0.717, 1.165) is 22.6 Å². The predicted molar refractivity (Wildman–Crippen MR) is 91.4 cm³/mol. The van der Waals surface area contributed by atoms with Crippen molar-refractivity contribution < 1.29 is 0 Å². The molecule has 2 N–H and O–H groups in total. The Morgan fingerprint density at radius 2 is 1.86 bits per heavy atom. The maximum Gasteiger partial charge on any atom is 0.0771 e. The lowest BCUT2D eigenvalue weighted by molar-refractivity contribution is 0.833. The van der Waals surface area contributed by atoms with Crippen LogP contribution >= 0.6 is 11.6 Å². The fourth-order valence-corrected chi connectivity index (χ4v) is 2.85. The van der Waals surface area contributed by atoms with E-state index < -0.39 is 0 Å². The summed E-state index contributed by atoms with van der Waals surface area (Å²) in [7, 11) is 0. The van der Waals surface area contributed by atoms with E-state index in [-0.39, 0.29) is 0 Å². The third-order valence-corrected chi connectivity index (χ3v) is 4.03. The van der Waals surface area contributed by atoms with Crippen LogP contribution in [0.4, 0.5) is 0 Å². The molecule has 1 heterocycles. The molecular weight excluding hydrogens is 294 g/mol. The third-order valence-electron chi connectivity index (χ3n) is 3.70. The van der Waals surface area contributed by atoms with Crippen LogP contribution in [0.25, 0.3) is 16.9 Å². The second-order valence-corrected chi connectivity index (χ2v) is 5.81. The van der Waals surface area contributed by atoms with Gasteiger partial charge in [0.15, 0.2) is 0 Å². The molecule has 22 heavy (non-hydrogen) atoms. The molecule has 0 amide bonds. The topological polar surface area (TPSA) is 43.8 Å². The molecule has 0 atom stereocenters. The molecule has 0 bridgehead atoms. The highest BCUT2D eigenvalue weighted by Gasteiger charge is 2.14. The van der Waals surface area contributed by atoms with Crippen LogP contribution in [0.3, 0.4) is 0 Å². The van der Waals surface area contributed by atoms with Gasteiger partial charge >= 0.3 is 0 Å². The van der Waals surface area contributed by atoms with Crippen LogP contribution in [0.15, 0.2) is 48.5 Å². The zero-order valence-corrected chi connectivity index (χ0v) is 13.4. The molecule has 0 saturated carbocycles. The summed E-state index contributed by atoms with van der Waals surface area (Å²) in [6.45, 7) is 4.57. The zero-order chi connectivity index (χ0) is 15.7. The van der Waals surface area contributed by atoms with E-state index in [2.05, 4.69) is 37.1 Å². The number of halogens is 1. The Kier molecular flexibility index (Phi) is 4.01. The molecule has 0 aliphatic carbocycles. The number of aryl methyl sites for hydroxylation is 2. The highest BCUT2D eigenvalue weighted by atomic mass is 35.5.